The van der Waals surface area contributed by atoms with E-state index in [9.17, 15) is 49.7 Å². The molecule has 15 heteroatoms. The first-order valence-corrected chi connectivity index (χ1v) is 25.0. The van der Waals surface area contributed by atoms with Gasteiger partial charge in [0.25, 0.3) is 0 Å². The Kier molecular flexibility index (Phi) is 35.2. The van der Waals surface area contributed by atoms with Crippen LogP contribution in [0, 0.1) is 0 Å². The van der Waals surface area contributed by atoms with Gasteiger partial charge in [-0.1, -0.05) is 137 Å². The van der Waals surface area contributed by atoms with Crippen molar-refractivity contribution >= 4 is 19.8 Å². The molecule has 9 atom stereocenters. The Morgan fingerprint density at radius 1 is 0.562 bits per heavy atom. The molecule has 1 aliphatic carbocycles. The lowest BCUT2D eigenvalue weighted by atomic mass is 9.85. The molecule has 0 saturated heterocycles. The van der Waals surface area contributed by atoms with Gasteiger partial charge < -0.3 is 45.0 Å². The van der Waals surface area contributed by atoms with Gasteiger partial charge in [0.15, 0.2) is 6.10 Å². The molecule has 7 N–H and O–H groups in total. The second kappa shape index (κ2) is 38.1. The molecular weight excluding hydrogens is 843 g/mol. The summed E-state index contributed by atoms with van der Waals surface area (Å²) in [6.07, 6.45) is 32.2. The quantitative estimate of drug-likeness (QED) is 0.0102. The number of carbonyl (C=O) groups is 2. The topological polar surface area (TPSA) is 230 Å². The molecule has 0 spiro atoms. The van der Waals surface area contributed by atoms with Crippen molar-refractivity contribution in [3.8, 4) is 0 Å². The number of allylic oxidation sites excluding steroid dienone is 12. The SMILES string of the molecule is CCCCC/C=C\C=C/[C@@H](O)C/C=C\C/C=C/CCCC(=O)OC[C@H](COP(=O)(O)OC1[C@H](O)[C@H](O)C(O)[C@H](O)[C@H]1O)OC(=O)CCCCCC/C=C\C/C=C\C/C=C\CCCCC. The maximum absolute atomic E-state index is 12.8. The number of phosphoric ester groups is 1. The lowest BCUT2D eigenvalue weighted by molar-refractivity contribution is -0.220. The molecule has 366 valence electrons. The molecule has 0 amide bonds. The number of ether oxygens (including phenoxy) is 2. The summed E-state index contributed by atoms with van der Waals surface area (Å²) in [5.74, 6) is -1.24. The van der Waals surface area contributed by atoms with E-state index >= 15 is 0 Å². The highest BCUT2D eigenvalue weighted by Gasteiger charge is 2.51. The van der Waals surface area contributed by atoms with E-state index in [-0.39, 0.29) is 12.8 Å². The molecule has 1 saturated carbocycles. The van der Waals surface area contributed by atoms with E-state index < -0.39 is 81.8 Å². The van der Waals surface area contributed by atoms with Gasteiger partial charge in [0.2, 0.25) is 0 Å². The minimum atomic E-state index is -5.16. The molecule has 0 heterocycles. The van der Waals surface area contributed by atoms with Crippen LogP contribution >= 0.6 is 7.82 Å². The van der Waals surface area contributed by atoms with E-state index in [1.165, 1.54) is 38.5 Å². The van der Waals surface area contributed by atoms with Crippen LogP contribution in [0.2, 0.25) is 0 Å². The molecule has 0 radical (unpaired) electrons. The van der Waals surface area contributed by atoms with Crippen molar-refractivity contribution in [1.29, 1.82) is 0 Å². The molecule has 0 aromatic carbocycles. The Bertz CT molecular complexity index is 1460. The Balaban J connectivity index is 2.55. The summed E-state index contributed by atoms with van der Waals surface area (Å²) in [5.41, 5.74) is 0. The van der Waals surface area contributed by atoms with Crippen LogP contribution in [-0.2, 0) is 32.7 Å². The minimum Gasteiger partial charge on any atom is -0.462 e. The fraction of sp³-hybridized carbons (Fsp3) is 0.673. The molecule has 64 heavy (non-hydrogen) atoms. The highest BCUT2D eigenvalue weighted by molar-refractivity contribution is 7.47. The predicted octanol–water partition coefficient (Wildman–Crippen LogP) is 8.25. The van der Waals surface area contributed by atoms with Gasteiger partial charge in [-0.15, -0.1) is 0 Å². The summed E-state index contributed by atoms with van der Waals surface area (Å²) >= 11 is 0. The van der Waals surface area contributed by atoms with Crippen LogP contribution in [0.5, 0.6) is 0 Å². The van der Waals surface area contributed by atoms with Crippen LogP contribution in [0.25, 0.3) is 0 Å². The summed E-state index contributed by atoms with van der Waals surface area (Å²) < 4.78 is 33.4. The lowest BCUT2D eigenvalue weighted by Gasteiger charge is -2.41. The minimum absolute atomic E-state index is 0.0416. The smallest absolute Gasteiger partial charge is 0.462 e. The Hall–Kier alpha value is -3.01. The highest BCUT2D eigenvalue weighted by Crippen LogP contribution is 2.47. The zero-order chi connectivity index (χ0) is 47.3. The van der Waals surface area contributed by atoms with Crippen molar-refractivity contribution < 1.29 is 68.2 Å². The summed E-state index contributed by atoms with van der Waals surface area (Å²) in [6.45, 7) is 3.09. The molecule has 3 unspecified atom stereocenters. The average molecular weight is 925 g/mol. The van der Waals surface area contributed by atoms with Gasteiger partial charge >= 0.3 is 19.8 Å². The van der Waals surface area contributed by atoms with Crippen molar-refractivity contribution in [3.05, 3.63) is 85.1 Å². The maximum Gasteiger partial charge on any atom is 0.472 e. The van der Waals surface area contributed by atoms with Crippen LogP contribution < -0.4 is 0 Å². The molecule has 0 aromatic heterocycles. The molecule has 1 rings (SSSR count). The summed E-state index contributed by atoms with van der Waals surface area (Å²) in [6, 6.07) is 0. The van der Waals surface area contributed by atoms with Crippen LogP contribution in [0.4, 0.5) is 0 Å². The Morgan fingerprint density at radius 3 is 1.64 bits per heavy atom. The van der Waals surface area contributed by atoms with Gasteiger partial charge in [-0.05, 0) is 83.5 Å². The van der Waals surface area contributed by atoms with Gasteiger partial charge in [0.05, 0.1) is 12.7 Å². The Morgan fingerprint density at radius 2 is 1.05 bits per heavy atom. The van der Waals surface area contributed by atoms with E-state index in [4.69, 9.17) is 18.5 Å². The second-order valence-corrected chi connectivity index (χ2v) is 17.5. The molecule has 1 fully saturated rings. The zero-order valence-corrected chi connectivity index (χ0v) is 39.3. The highest BCUT2D eigenvalue weighted by atomic mass is 31.2. The molecule has 0 aromatic rings. The van der Waals surface area contributed by atoms with Crippen molar-refractivity contribution in [3.63, 3.8) is 0 Å². The number of unbranched alkanes of at least 4 members (excludes halogenated alkanes) is 11. The average Bonchev–Trinajstić information content (AvgIpc) is 3.27. The van der Waals surface area contributed by atoms with Gasteiger partial charge in [-0.3, -0.25) is 18.6 Å². The number of aliphatic hydroxyl groups excluding tert-OH is 6. The van der Waals surface area contributed by atoms with Gasteiger partial charge in [0.1, 0.15) is 43.2 Å². The molecule has 1 aliphatic rings. The first-order valence-electron chi connectivity index (χ1n) is 23.5. The van der Waals surface area contributed by atoms with Crippen LogP contribution in [-0.4, -0.2) is 110 Å². The van der Waals surface area contributed by atoms with E-state index in [1.807, 2.05) is 36.5 Å². The lowest BCUT2D eigenvalue weighted by Crippen LogP contribution is -2.64. The number of aliphatic hydroxyl groups is 6. The van der Waals surface area contributed by atoms with E-state index in [0.717, 1.165) is 51.4 Å². The largest absolute Gasteiger partial charge is 0.472 e. The van der Waals surface area contributed by atoms with Gasteiger partial charge in [-0.25, -0.2) is 4.57 Å². The summed E-state index contributed by atoms with van der Waals surface area (Å²) in [4.78, 5) is 35.7. The van der Waals surface area contributed by atoms with Crippen LogP contribution in [0.15, 0.2) is 85.1 Å². The second-order valence-electron chi connectivity index (χ2n) is 16.1. The van der Waals surface area contributed by atoms with Crippen molar-refractivity contribution in [2.75, 3.05) is 13.2 Å². The fourth-order valence-electron chi connectivity index (χ4n) is 6.42. The number of rotatable bonds is 37. The molecule has 0 aliphatic heterocycles. The van der Waals surface area contributed by atoms with Crippen molar-refractivity contribution in [2.24, 2.45) is 0 Å². The third-order valence-corrected chi connectivity index (χ3v) is 11.3. The van der Waals surface area contributed by atoms with Gasteiger partial charge in [0, 0.05) is 12.8 Å². The van der Waals surface area contributed by atoms with Crippen LogP contribution in [0.3, 0.4) is 0 Å². The molecular formula is C49H81O14P. The number of hydrogen-bond acceptors (Lipinski definition) is 13. The zero-order valence-electron chi connectivity index (χ0n) is 38.4. The first kappa shape index (κ1) is 59.0. The first-order chi connectivity index (χ1) is 30.8. The van der Waals surface area contributed by atoms with E-state index in [1.54, 1.807) is 6.08 Å². The number of phosphoric acid groups is 1. The summed E-state index contributed by atoms with van der Waals surface area (Å²) in [7, 11) is -5.16. The number of hydrogen-bond donors (Lipinski definition) is 7. The predicted molar refractivity (Wildman–Crippen MR) is 250 cm³/mol. The van der Waals surface area contributed by atoms with Gasteiger partial charge in [-0.2, -0.15) is 0 Å². The molecule has 14 nitrogen and oxygen atoms in total. The van der Waals surface area contributed by atoms with Crippen molar-refractivity contribution in [2.45, 2.75) is 198 Å². The van der Waals surface area contributed by atoms with E-state index in [2.05, 4.69) is 56.4 Å². The molecule has 0 bridgehead atoms. The number of carbonyl (C=O) groups excluding carboxylic acids is 2. The third kappa shape index (κ3) is 30.2. The standard InChI is InChI=1S/C49H81O14P/c1-3-5-7-9-11-12-13-14-15-16-17-18-19-20-24-29-33-37-43(52)62-41(39-61-64(58,59)63-49-47(56)45(54)44(53)46(55)48(49)57)38-60-42(51)36-32-28-25-21-23-27-31-35-40(50)34-30-26-22-10-8-6-4-2/h11-12,14-15,17-18,21-22,25-27,30-31,34,40-41,44-50,53-57H,3-10,13,16,19-20,23-24,28-29,32-33,35-39H2,1-2H3,(H,58,59)/b12-11-,15-14-,18-17-,25-21+,26-22-,31-27-,34-30-/t40-,41-,44?,45-,46+,47-,48-,49?/m1/s1. The third-order valence-electron chi connectivity index (χ3n) is 10.3. The monoisotopic (exact) mass is 925 g/mol. The van der Waals surface area contributed by atoms with E-state index in [0.29, 0.717) is 32.1 Å². The maximum atomic E-state index is 12.8. The van der Waals surface area contributed by atoms with Crippen LogP contribution in [0.1, 0.15) is 149 Å². The van der Waals surface area contributed by atoms with Crippen molar-refractivity contribution in [1.82, 2.24) is 0 Å². The summed E-state index contributed by atoms with van der Waals surface area (Å²) in [5, 5.41) is 60.2. The number of esters is 2. The Labute approximate surface area is 382 Å². The normalized spacial score (nSPS) is 22.8. The fourth-order valence-corrected chi connectivity index (χ4v) is 7.40.